The Morgan fingerprint density at radius 2 is 1.97 bits per heavy atom. The van der Waals surface area contributed by atoms with Crippen LogP contribution in [0.1, 0.15) is 39.5 Å². The SMILES string of the molecule is CC(NC(=O)c1ccc(C(=O)N2CCS(=O)(=O)C2)c(Cl)c1)c1nc2cc(Cl)ccc2[nH]1. The number of hydrogen-bond acceptors (Lipinski definition) is 5. The van der Waals surface area contributed by atoms with Crippen LogP contribution < -0.4 is 5.32 Å². The van der Waals surface area contributed by atoms with Gasteiger partial charge in [0.05, 0.1) is 33.4 Å². The van der Waals surface area contributed by atoms with Gasteiger partial charge in [0.1, 0.15) is 11.7 Å². The van der Waals surface area contributed by atoms with Gasteiger partial charge in [0, 0.05) is 17.1 Å². The van der Waals surface area contributed by atoms with Gasteiger partial charge in [-0.2, -0.15) is 0 Å². The molecule has 1 unspecified atom stereocenters. The highest BCUT2D eigenvalue weighted by atomic mass is 35.5. The summed E-state index contributed by atoms with van der Waals surface area (Å²) in [5, 5.41) is 3.48. The van der Waals surface area contributed by atoms with E-state index >= 15 is 0 Å². The van der Waals surface area contributed by atoms with E-state index in [0.717, 1.165) is 5.52 Å². The largest absolute Gasteiger partial charge is 0.342 e. The first-order chi connectivity index (χ1) is 14.6. The summed E-state index contributed by atoms with van der Waals surface area (Å²) in [4.78, 5) is 34.1. The van der Waals surface area contributed by atoms with Crippen molar-refractivity contribution in [1.82, 2.24) is 20.2 Å². The summed E-state index contributed by atoms with van der Waals surface area (Å²) in [5.41, 5.74) is 1.91. The van der Waals surface area contributed by atoms with Crippen LogP contribution in [0.15, 0.2) is 36.4 Å². The lowest BCUT2D eigenvalue weighted by Crippen LogP contribution is -2.30. The molecule has 0 spiro atoms. The Labute approximate surface area is 188 Å². The molecule has 1 aromatic heterocycles. The van der Waals surface area contributed by atoms with Gasteiger partial charge in [-0.05, 0) is 43.3 Å². The average Bonchev–Trinajstić information content (AvgIpc) is 3.29. The molecular formula is C20H18Cl2N4O4S. The number of hydrogen-bond donors (Lipinski definition) is 2. The van der Waals surface area contributed by atoms with Gasteiger partial charge in [-0.1, -0.05) is 23.2 Å². The summed E-state index contributed by atoms with van der Waals surface area (Å²) < 4.78 is 23.2. The molecule has 1 saturated heterocycles. The molecule has 1 aliphatic heterocycles. The van der Waals surface area contributed by atoms with E-state index in [0.29, 0.717) is 16.4 Å². The van der Waals surface area contributed by atoms with E-state index in [1.807, 2.05) is 6.07 Å². The summed E-state index contributed by atoms with van der Waals surface area (Å²) in [5.74, 6) is -0.699. The van der Waals surface area contributed by atoms with Crippen molar-refractivity contribution in [3.8, 4) is 0 Å². The Morgan fingerprint density at radius 3 is 2.65 bits per heavy atom. The number of halogens is 2. The number of rotatable bonds is 4. The van der Waals surface area contributed by atoms with Crippen molar-refractivity contribution in [2.24, 2.45) is 0 Å². The van der Waals surface area contributed by atoms with Crippen molar-refractivity contribution < 1.29 is 18.0 Å². The van der Waals surface area contributed by atoms with E-state index < -0.39 is 27.7 Å². The summed E-state index contributed by atoms with van der Waals surface area (Å²) in [6.45, 7) is 1.91. The number of nitrogens with zero attached hydrogens (tertiary/aromatic N) is 2. The van der Waals surface area contributed by atoms with Gasteiger partial charge in [0.2, 0.25) is 0 Å². The molecule has 0 aliphatic carbocycles. The van der Waals surface area contributed by atoms with Crippen LogP contribution in [0.3, 0.4) is 0 Å². The van der Waals surface area contributed by atoms with Gasteiger partial charge in [-0.3, -0.25) is 9.59 Å². The second-order valence-electron chi connectivity index (χ2n) is 7.32. The summed E-state index contributed by atoms with van der Waals surface area (Å²) >= 11 is 12.2. The fraction of sp³-hybridized carbons (Fsp3) is 0.250. The normalized spacial score (nSPS) is 16.4. The second-order valence-corrected chi connectivity index (χ2v) is 10.3. The Balaban J connectivity index is 1.48. The maximum Gasteiger partial charge on any atom is 0.256 e. The Bertz CT molecular complexity index is 1310. The van der Waals surface area contributed by atoms with Crippen LogP contribution in [0, 0.1) is 0 Å². The molecule has 31 heavy (non-hydrogen) atoms. The minimum atomic E-state index is -3.25. The quantitative estimate of drug-likeness (QED) is 0.595. The van der Waals surface area contributed by atoms with E-state index in [1.165, 1.54) is 23.1 Å². The predicted octanol–water partition coefficient (Wildman–Crippen LogP) is 3.19. The van der Waals surface area contributed by atoms with E-state index in [-0.39, 0.29) is 34.3 Å². The first kappa shape index (κ1) is 21.6. The van der Waals surface area contributed by atoms with E-state index in [2.05, 4.69) is 15.3 Å². The van der Waals surface area contributed by atoms with Crippen molar-refractivity contribution in [2.75, 3.05) is 18.2 Å². The topological polar surface area (TPSA) is 112 Å². The molecule has 11 heteroatoms. The zero-order chi connectivity index (χ0) is 22.3. The van der Waals surface area contributed by atoms with Crippen molar-refractivity contribution in [3.63, 3.8) is 0 Å². The Kier molecular flexibility index (Phi) is 5.67. The number of imidazole rings is 1. The van der Waals surface area contributed by atoms with Crippen LogP contribution in [0.25, 0.3) is 11.0 Å². The number of fused-ring (bicyclic) bond motifs is 1. The van der Waals surface area contributed by atoms with Crippen LogP contribution in [0.5, 0.6) is 0 Å². The molecule has 3 aromatic rings. The lowest BCUT2D eigenvalue weighted by atomic mass is 10.1. The molecule has 8 nitrogen and oxygen atoms in total. The van der Waals surface area contributed by atoms with Crippen LogP contribution in [0.2, 0.25) is 10.0 Å². The summed E-state index contributed by atoms with van der Waals surface area (Å²) in [6, 6.07) is 9.16. The predicted molar refractivity (Wildman–Crippen MR) is 118 cm³/mol. The maximum absolute atomic E-state index is 12.7. The van der Waals surface area contributed by atoms with Gasteiger partial charge in [-0.25, -0.2) is 13.4 Å². The Hall–Kier alpha value is -2.62. The highest BCUT2D eigenvalue weighted by Gasteiger charge is 2.30. The van der Waals surface area contributed by atoms with E-state index in [1.54, 1.807) is 19.1 Å². The fourth-order valence-electron chi connectivity index (χ4n) is 3.33. The molecule has 4 rings (SSSR count). The summed E-state index contributed by atoms with van der Waals surface area (Å²) in [7, 11) is -3.25. The van der Waals surface area contributed by atoms with E-state index in [4.69, 9.17) is 23.2 Å². The second kappa shape index (κ2) is 8.14. The van der Waals surface area contributed by atoms with Crippen LogP contribution in [0.4, 0.5) is 0 Å². The number of benzene rings is 2. The number of aromatic nitrogens is 2. The number of nitrogens with one attached hydrogen (secondary N) is 2. The lowest BCUT2D eigenvalue weighted by molar-refractivity contribution is 0.0800. The first-order valence-electron chi connectivity index (χ1n) is 9.38. The third-order valence-corrected chi connectivity index (χ3v) is 7.05. The molecule has 1 fully saturated rings. The molecule has 2 aromatic carbocycles. The number of carbonyl (C=O) groups is 2. The highest BCUT2D eigenvalue weighted by molar-refractivity contribution is 7.91. The third-order valence-electron chi connectivity index (χ3n) is 4.99. The number of amides is 2. The smallest absolute Gasteiger partial charge is 0.256 e. The maximum atomic E-state index is 12.7. The van der Waals surface area contributed by atoms with Gasteiger partial charge in [0.15, 0.2) is 9.84 Å². The molecule has 1 atom stereocenters. The number of H-pyrrole nitrogens is 1. The van der Waals surface area contributed by atoms with Gasteiger partial charge in [0.25, 0.3) is 11.8 Å². The molecule has 0 bridgehead atoms. The van der Waals surface area contributed by atoms with Crippen molar-refractivity contribution in [1.29, 1.82) is 0 Å². The molecule has 0 radical (unpaired) electrons. The van der Waals surface area contributed by atoms with Crippen LogP contribution >= 0.6 is 23.2 Å². The average molecular weight is 481 g/mol. The van der Waals surface area contributed by atoms with Crippen molar-refractivity contribution in [3.05, 3.63) is 63.4 Å². The third kappa shape index (κ3) is 4.53. The molecule has 0 saturated carbocycles. The molecule has 2 amide bonds. The molecule has 2 heterocycles. The zero-order valence-electron chi connectivity index (χ0n) is 16.4. The monoisotopic (exact) mass is 480 g/mol. The van der Waals surface area contributed by atoms with Crippen molar-refractivity contribution in [2.45, 2.75) is 13.0 Å². The fourth-order valence-corrected chi connectivity index (χ4v) is 5.10. The van der Waals surface area contributed by atoms with Gasteiger partial charge >= 0.3 is 0 Å². The lowest BCUT2D eigenvalue weighted by Gasteiger charge is -2.16. The van der Waals surface area contributed by atoms with Crippen molar-refractivity contribution >= 4 is 55.9 Å². The molecular weight excluding hydrogens is 463 g/mol. The molecule has 2 N–H and O–H groups in total. The molecule has 1 aliphatic rings. The molecule has 162 valence electrons. The highest BCUT2D eigenvalue weighted by Crippen LogP contribution is 2.23. The zero-order valence-corrected chi connectivity index (χ0v) is 18.7. The minimum absolute atomic E-state index is 0.0667. The number of aromatic amines is 1. The Morgan fingerprint density at radius 1 is 1.19 bits per heavy atom. The van der Waals surface area contributed by atoms with Gasteiger partial charge in [-0.15, -0.1) is 0 Å². The standard InChI is InChI=1S/C20H18Cl2N4O4S/c1-11(18-24-16-5-3-13(21)9-17(16)25-18)23-19(27)12-2-4-14(15(22)8-12)20(28)26-6-7-31(29,30)10-26/h2-5,8-9,11H,6-7,10H2,1H3,(H,23,27)(H,24,25). The van der Waals surface area contributed by atoms with Crippen LogP contribution in [-0.2, 0) is 9.84 Å². The van der Waals surface area contributed by atoms with Crippen LogP contribution in [-0.4, -0.2) is 53.3 Å². The number of sulfone groups is 1. The first-order valence-corrected chi connectivity index (χ1v) is 12.0. The minimum Gasteiger partial charge on any atom is -0.342 e. The van der Waals surface area contributed by atoms with Gasteiger partial charge < -0.3 is 15.2 Å². The van der Waals surface area contributed by atoms with E-state index in [9.17, 15) is 18.0 Å². The summed E-state index contributed by atoms with van der Waals surface area (Å²) in [6.07, 6.45) is 0. The number of carbonyl (C=O) groups excluding carboxylic acids is 2.